The van der Waals surface area contributed by atoms with Crippen LogP contribution >= 0.6 is 0 Å². The Kier molecular flexibility index (Phi) is 5.62. The average molecular weight is 419 g/mol. The number of hydrogen-bond acceptors (Lipinski definition) is 4. The predicted octanol–water partition coefficient (Wildman–Crippen LogP) is 3.04. The quantitative estimate of drug-likeness (QED) is 0.521. The number of aromatic nitrogens is 4. The monoisotopic (exact) mass is 419 g/mol. The molecule has 0 saturated heterocycles. The number of benzene rings is 2. The van der Waals surface area contributed by atoms with Crippen molar-refractivity contribution >= 4 is 16.9 Å². The highest BCUT2D eigenvalue weighted by atomic mass is 19.1. The molecule has 1 N–H and O–H groups in total. The van der Waals surface area contributed by atoms with Gasteiger partial charge >= 0.3 is 0 Å². The molecule has 158 valence electrons. The van der Waals surface area contributed by atoms with E-state index in [0.717, 1.165) is 16.8 Å². The molecule has 2 aromatic carbocycles. The second-order valence-corrected chi connectivity index (χ2v) is 7.40. The summed E-state index contributed by atoms with van der Waals surface area (Å²) in [6.07, 6.45) is 1.64. The predicted molar refractivity (Wildman–Crippen MR) is 115 cm³/mol. The van der Waals surface area contributed by atoms with Crippen molar-refractivity contribution in [2.75, 3.05) is 0 Å². The molecule has 7 nitrogen and oxygen atoms in total. The first-order valence-electron chi connectivity index (χ1n) is 9.96. The van der Waals surface area contributed by atoms with Crippen molar-refractivity contribution in [3.63, 3.8) is 0 Å². The zero-order valence-electron chi connectivity index (χ0n) is 17.3. The van der Waals surface area contributed by atoms with E-state index in [1.165, 1.54) is 22.9 Å². The Morgan fingerprint density at radius 1 is 1.06 bits per heavy atom. The summed E-state index contributed by atoms with van der Waals surface area (Å²) < 4.78 is 16.1. The standard InChI is InChI=1S/C23H22FN5O2/c1-15-3-9-19(10-4-15)29-22-20(14-26-29)23(31)28(16(2)27-22)12-11-21(30)25-13-17-5-7-18(24)8-6-17/h3-10,14H,11-13H2,1-2H3,(H,25,30). The number of amides is 1. The SMILES string of the molecule is Cc1ccc(-n2ncc3c(=O)n(CCC(=O)NCc4ccc(F)cc4)c(C)nc32)cc1. The first-order valence-corrected chi connectivity index (χ1v) is 9.96. The maximum Gasteiger partial charge on any atom is 0.264 e. The third kappa shape index (κ3) is 4.37. The van der Waals surface area contributed by atoms with Crippen LogP contribution in [0.2, 0.25) is 0 Å². The van der Waals surface area contributed by atoms with Crippen molar-refractivity contribution in [2.24, 2.45) is 0 Å². The highest BCUT2D eigenvalue weighted by molar-refractivity contribution is 5.76. The van der Waals surface area contributed by atoms with E-state index in [1.54, 1.807) is 23.7 Å². The number of rotatable bonds is 6. The molecule has 2 aromatic heterocycles. The molecule has 4 rings (SSSR count). The van der Waals surface area contributed by atoms with Gasteiger partial charge < -0.3 is 5.32 Å². The summed E-state index contributed by atoms with van der Waals surface area (Å²) >= 11 is 0. The van der Waals surface area contributed by atoms with Crippen molar-refractivity contribution in [2.45, 2.75) is 33.4 Å². The second-order valence-electron chi connectivity index (χ2n) is 7.40. The molecular weight excluding hydrogens is 397 g/mol. The molecule has 0 bridgehead atoms. The maximum absolute atomic E-state index is 13.0. The summed E-state index contributed by atoms with van der Waals surface area (Å²) in [6, 6.07) is 13.7. The molecular formula is C23H22FN5O2. The van der Waals surface area contributed by atoms with Crippen LogP contribution in [-0.4, -0.2) is 25.2 Å². The highest BCUT2D eigenvalue weighted by Crippen LogP contribution is 2.15. The molecule has 0 saturated carbocycles. The van der Waals surface area contributed by atoms with Crippen LogP contribution in [0, 0.1) is 19.7 Å². The van der Waals surface area contributed by atoms with Gasteiger partial charge in [0.15, 0.2) is 5.65 Å². The lowest BCUT2D eigenvalue weighted by molar-refractivity contribution is -0.121. The Hall–Kier alpha value is -3.81. The normalized spacial score (nSPS) is 11.1. The van der Waals surface area contributed by atoms with Crippen molar-refractivity contribution < 1.29 is 9.18 Å². The largest absolute Gasteiger partial charge is 0.352 e. The minimum Gasteiger partial charge on any atom is -0.352 e. The summed E-state index contributed by atoms with van der Waals surface area (Å²) in [5.41, 5.74) is 3.01. The fourth-order valence-electron chi connectivity index (χ4n) is 3.35. The number of nitrogens with zero attached hydrogens (tertiary/aromatic N) is 4. The minimum absolute atomic E-state index is 0.126. The van der Waals surface area contributed by atoms with E-state index < -0.39 is 0 Å². The number of aryl methyl sites for hydroxylation is 2. The van der Waals surface area contributed by atoms with Crippen molar-refractivity contribution in [1.82, 2.24) is 24.6 Å². The third-order valence-electron chi connectivity index (χ3n) is 5.12. The van der Waals surface area contributed by atoms with E-state index in [1.807, 2.05) is 31.2 Å². The number of fused-ring (bicyclic) bond motifs is 1. The molecule has 0 spiro atoms. The van der Waals surface area contributed by atoms with Gasteiger partial charge in [-0.25, -0.2) is 14.1 Å². The van der Waals surface area contributed by atoms with Gasteiger partial charge in [0, 0.05) is 19.5 Å². The lowest BCUT2D eigenvalue weighted by Gasteiger charge is -2.11. The van der Waals surface area contributed by atoms with Crippen LogP contribution in [0.25, 0.3) is 16.7 Å². The lowest BCUT2D eigenvalue weighted by Crippen LogP contribution is -2.29. The van der Waals surface area contributed by atoms with Gasteiger partial charge in [-0.3, -0.25) is 14.2 Å². The molecule has 0 aliphatic heterocycles. The van der Waals surface area contributed by atoms with E-state index in [9.17, 15) is 14.0 Å². The maximum atomic E-state index is 13.0. The Labute approximate surface area is 178 Å². The van der Waals surface area contributed by atoms with Gasteiger partial charge in [-0.2, -0.15) is 5.10 Å². The molecule has 0 atom stereocenters. The van der Waals surface area contributed by atoms with Gasteiger partial charge in [-0.15, -0.1) is 0 Å². The fraction of sp³-hybridized carbons (Fsp3) is 0.217. The van der Waals surface area contributed by atoms with Gasteiger partial charge in [-0.05, 0) is 43.7 Å². The van der Waals surface area contributed by atoms with Crippen LogP contribution < -0.4 is 10.9 Å². The number of hydrogen-bond donors (Lipinski definition) is 1. The summed E-state index contributed by atoms with van der Waals surface area (Å²) in [6.45, 7) is 4.25. The topological polar surface area (TPSA) is 81.8 Å². The molecule has 8 heteroatoms. The Morgan fingerprint density at radius 3 is 2.48 bits per heavy atom. The van der Waals surface area contributed by atoms with E-state index in [0.29, 0.717) is 23.4 Å². The molecule has 1 amide bonds. The van der Waals surface area contributed by atoms with Crippen molar-refractivity contribution in [1.29, 1.82) is 0 Å². The summed E-state index contributed by atoms with van der Waals surface area (Å²) in [7, 11) is 0. The average Bonchev–Trinajstić information content (AvgIpc) is 3.17. The second kappa shape index (κ2) is 8.51. The molecule has 0 radical (unpaired) electrons. The Bertz CT molecular complexity index is 1290. The summed E-state index contributed by atoms with van der Waals surface area (Å²) in [5.74, 6) is -0.0118. The summed E-state index contributed by atoms with van der Waals surface area (Å²) in [5, 5.41) is 7.52. The van der Waals surface area contributed by atoms with Gasteiger partial charge in [0.1, 0.15) is 17.0 Å². The number of nitrogens with one attached hydrogen (secondary N) is 1. The third-order valence-corrected chi connectivity index (χ3v) is 5.12. The van der Waals surface area contributed by atoms with E-state index in [2.05, 4.69) is 15.4 Å². The number of carbonyl (C=O) groups excluding carboxylic acids is 1. The van der Waals surface area contributed by atoms with Gasteiger partial charge in [0.25, 0.3) is 5.56 Å². The molecule has 31 heavy (non-hydrogen) atoms. The minimum atomic E-state index is -0.321. The van der Waals surface area contributed by atoms with E-state index in [4.69, 9.17) is 0 Å². The smallest absolute Gasteiger partial charge is 0.264 e. The zero-order valence-corrected chi connectivity index (χ0v) is 17.3. The first kappa shape index (κ1) is 20.5. The number of halogens is 1. The van der Waals surface area contributed by atoms with E-state index in [-0.39, 0.29) is 30.2 Å². The molecule has 2 heterocycles. The first-order chi connectivity index (χ1) is 14.9. The van der Waals surface area contributed by atoms with Gasteiger partial charge in [0.2, 0.25) is 5.91 Å². The molecule has 0 fully saturated rings. The van der Waals surface area contributed by atoms with Crippen molar-refractivity contribution in [3.8, 4) is 5.69 Å². The molecule has 4 aromatic rings. The van der Waals surface area contributed by atoms with Crippen molar-refractivity contribution in [3.05, 3.63) is 87.9 Å². The molecule has 0 aliphatic carbocycles. The zero-order chi connectivity index (χ0) is 22.0. The highest BCUT2D eigenvalue weighted by Gasteiger charge is 2.15. The van der Waals surface area contributed by atoms with E-state index >= 15 is 0 Å². The lowest BCUT2D eigenvalue weighted by atomic mass is 10.2. The van der Waals surface area contributed by atoms with Crippen LogP contribution in [-0.2, 0) is 17.9 Å². The van der Waals surface area contributed by atoms with Crippen LogP contribution in [0.3, 0.4) is 0 Å². The van der Waals surface area contributed by atoms with Crippen LogP contribution in [0.4, 0.5) is 4.39 Å². The van der Waals surface area contributed by atoms with Crippen LogP contribution in [0.5, 0.6) is 0 Å². The Balaban J connectivity index is 1.49. The van der Waals surface area contributed by atoms with Gasteiger partial charge in [-0.1, -0.05) is 29.8 Å². The summed E-state index contributed by atoms with van der Waals surface area (Å²) in [4.78, 5) is 29.8. The van der Waals surface area contributed by atoms with Crippen LogP contribution in [0.1, 0.15) is 23.4 Å². The Morgan fingerprint density at radius 2 is 1.77 bits per heavy atom. The van der Waals surface area contributed by atoms with Gasteiger partial charge in [0.05, 0.1) is 11.9 Å². The van der Waals surface area contributed by atoms with Crippen LogP contribution in [0.15, 0.2) is 59.5 Å². The molecule has 0 unspecified atom stereocenters. The number of carbonyl (C=O) groups is 1. The fourth-order valence-corrected chi connectivity index (χ4v) is 3.35. The molecule has 0 aliphatic rings.